The number of halogens is 1. The third-order valence-corrected chi connectivity index (χ3v) is 9.26. The maximum atomic E-state index is 13.2. The predicted octanol–water partition coefficient (Wildman–Crippen LogP) is 1.18. The standard InChI is InChI=1S/C16H22ClN3O4S/c1-15(2)10-3-5-16(15)9-25(23,24)20(12(16)7-10)14(22)11-4-6-18-19(11)13(21)8-17/h6,10-12H,3-5,7-9H2,1-2H3. The number of hydrogen-bond donors (Lipinski definition) is 0. The number of carbonyl (C=O) groups excluding carboxylic acids is 2. The largest absolute Gasteiger partial charge is 0.272 e. The molecule has 4 aliphatic rings. The number of nitrogens with zero attached hydrogens (tertiary/aromatic N) is 3. The van der Waals surface area contributed by atoms with Gasteiger partial charge in [0.15, 0.2) is 0 Å². The summed E-state index contributed by atoms with van der Waals surface area (Å²) in [7, 11) is -3.70. The molecule has 138 valence electrons. The van der Waals surface area contributed by atoms with E-state index in [4.69, 9.17) is 11.6 Å². The predicted molar refractivity (Wildman–Crippen MR) is 92.4 cm³/mol. The van der Waals surface area contributed by atoms with Crippen molar-refractivity contribution in [3.8, 4) is 0 Å². The van der Waals surface area contributed by atoms with Crippen LogP contribution >= 0.6 is 11.6 Å². The molecule has 1 spiro atoms. The molecule has 0 aromatic carbocycles. The minimum Gasteiger partial charge on any atom is -0.272 e. The maximum Gasteiger partial charge on any atom is 0.261 e. The Hall–Kier alpha value is -1.15. The molecule has 25 heavy (non-hydrogen) atoms. The molecule has 0 aromatic heterocycles. The van der Waals surface area contributed by atoms with Gasteiger partial charge in [-0.15, -0.1) is 11.6 Å². The Labute approximate surface area is 152 Å². The first-order chi connectivity index (χ1) is 11.7. The lowest BCUT2D eigenvalue weighted by atomic mass is 9.69. The van der Waals surface area contributed by atoms with Gasteiger partial charge in [-0.25, -0.2) is 17.7 Å². The summed E-state index contributed by atoms with van der Waals surface area (Å²) in [5, 5.41) is 4.96. The Balaban J connectivity index is 1.69. The summed E-state index contributed by atoms with van der Waals surface area (Å²) in [5.41, 5.74) is -0.468. The van der Waals surface area contributed by atoms with E-state index >= 15 is 0 Å². The Morgan fingerprint density at radius 2 is 2.08 bits per heavy atom. The molecule has 2 heterocycles. The average molecular weight is 388 g/mol. The van der Waals surface area contributed by atoms with Crippen LogP contribution < -0.4 is 0 Å². The molecule has 0 N–H and O–H groups in total. The van der Waals surface area contributed by atoms with Crippen LogP contribution in [0.3, 0.4) is 0 Å². The summed E-state index contributed by atoms with van der Waals surface area (Å²) < 4.78 is 26.9. The highest BCUT2D eigenvalue weighted by molar-refractivity contribution is 7.90. The molecular formula is C16H22ClN3O4S. The van der Waals surface area contributed by atoms with Crippen LogP contribution in [0.25, 0.3) is 0 Å². The van der Waals surface area contributed by atoms with E-state index in [9.17, 15) is 18.0 Å². The zero-order valence-corrected chi connectivity index (χ0v) is 15.9. The summed E-state index contributed by atoms with van der Waals surface area (Å²) in [4.78, 5) is 25.1. The van der Waals surface area contributed by atoms with E-state index in [2.05, 4.69) is 18.9 Å². The number of alkyl halides is 1. The van der Waals surface area contributed by atoms with Crippen molar-refractivity contribution in [3.05, 3.63) is 0 Å². The second kappa shape index (κ2) is 5.19. The molecule has 2 aliphatic heterocycles. The topological polar surface area (TPSA) is 87.1 Å². The van der Waals surface area contributed by atoms with Crippen LogP contribution in [0.15, 0.2) is 5.10 Å². The number of amides is 2. The highest BCUT2D eigenvalue weighted by Crippen LogP contribution is 2.70. The highest BCUT2D eigenvalue weighted by atomic mass is 35.5. The first kappa shape index (κ1) is 17.3. The Morgan fingerprint density at radius 1 is 1.36 bits per heavy atom. The zero-order chi connectivity index (χ0) is 18.2. The van der Waals surface area contributed by atoms with E-state index in [0.717, 1.165) is 28.6 Å². The molecule has 3 fully saturated rings. The average Bonchev–Trinajstić information content (AvgIpc) is 3.22. The molecule has 7 nitrogen and oxygen atoms in total. The molecule has 0 aromatic rings. The summed E-state index contributed by atoms with van der Waals surface area (Å²) in [6.07, 6.45) is 4.26. The van der Waals surface area contributed by atoms with Gasteiger partial charge in [0.05, 0.1) is 11.8 Å². The van der Waals surface area contributed by atoms with E-state index in [1.54, 1.807) is 0 Å². The van der Waals surface area contributed by atoms with Gasteiger partial charge in [-0.1, -0.05) is 13.8 Å². The number of fused-ring (bicyclic) bond motifs is 1. The van der Waals surface area contributed by atoms with Crippen LogP contribution in [-0.2, 0) is 19.6 Å². The van der Waals surface area contributed by atoms with Crippen molar-refractivity contribution in [2.75, 3.05) is 11.6 Å². The number of sulfonamides is 1. The smallest absolute Gasteiger partial charge is 0.261 e. The molecule has 2 saturated carbocycles. The van der Waals surface area contributed by atoms with E-state index in [1.165, 1.54) is 6.21 Å². The summed E-state index contributed by atoms with van der Waals surface area (Å²) in [6.45, 7) is 4.27. The lowest BCUT2D eigenvalue weighted by molar-refractivity contribution is -0.142. The van der Waals surface area contributed by atoms with Crippen molar-refractivity contribution < 1.29 is 18.0 Å². The Kier molecular flexibility index (Phi) is 3.59. The van der Waals surface area contributed by atoms with Gasteiger partial charge in [-0.2, -0.15) is 5.10 Å². The summed E-state index contributed by atoms with van der Waals surface area (Å²) >= 11 is 5.59. The Morgan fingerprint density at radius 3 is 2.72 bits per heavy atom. The lowest BCUT2D eigenvalue weighted by Crippen LogP contribution is -2.51. The van der Waals surface area contributed by atoms with Gasteiger partial charge in [0, 0.05) is 18.1 Å². The molecule has 0 radical (unpaired) electrons. The van der Waals surface area contributed by atoms with Crippen molar-refractivity contribution in [1.82, 2.24) is 9.31 Å². The number of carbonyl (C=O) groups is 2. The second-order valence-electron chi connectivity index (χ2n) is 8.18. The molecule has 4 unspecified atom stereocenters. The number of hydrazone groups is 1. The van der Waals surface area contributed by atoms with Gasteiger partial charge in [0.25, 0.3) is 11.8 Å². The fraction of sp³-hybridized carbons (Fsp3) is 0.812. The number of hydrogen-bond acceptors (Lipinski definition) is 5. The highest BCUT2D eigenvalue weighted by Gasteiger charge is 2.72. The van der Waals surface area contributed by atoms with Crippen LogP contribution in [0, 0.1) is 16.7 Å². The molecule has 4 rings (SSSR count). The quantitative estimate of drug-likeness (QED) is 0.665. The van der Waals surface area contributed by atoms with E-state index in [-0.39, 0.29) is 34.9 Å². The van der Waals surface area contributed by atoms with Crippen molar-refractivity contribution in [2.45, 2.75) is 51.6 Å². The van der Waals surface area contributed by atoms with Crippen molar-refractivity contribution in [2.24, 2.45) is 21.8 Å². The SMILES string of the molecule is CC1(C)C2CCC13CS(=O)(=O)N(C(=O)C1CC=NN1C(=O)CCl)C3C2. The first-order valence-electron chi connectivity index (χ1n) is 8.62. The van der Waals surface area contributed by atoms with Gasteiger partial charge in [0.1, 0.15) is 11.9 Å². The van der Waals surface area contributed by atoms with Crippen LogP contribution in [0.5, 0.6) is 0 Å². The monoisotopic (exact) mass is 387 g/mol. The van der Waals surface area contributed by atoms with Gasteiger partial charge in [-0.3, -0.25) is 9.59 Å². The summed E-state index contributed by atoms with van der Waals surface area (Å²) in [6, 6.07) is -1.20. The van der Waals surface area contributed by atoms with E-state index < -0.39 is 27.9 Å². The molecular weight excluding hydrogens is 366 g/mol. The zero-order valence-electron chi connectivity index (χ0n) is 14.3. The van der Waals surface area contributed by atoms with Crippen LogP contribution in [0.1, 0.15) is 39.5 Å². The second-order valence-corrected chi connectivity index (χ2v) is 10.3. The van der Waals surface area contributed by atoms with Gasteiger partial charge < -0.3 is 0 Å². The number of rotatable bonds is 2. The first-order valence-corrected chi connectivity index (χ1v) is 10.8. The van der Waals surface area contributed by atoms with Crippen LogP contribution in [0.4, 0.5) is 0 Å². The fourth-order valence-corrected chi connectivity index (χ4v) is 8.34. The molecule has 2 bridgehead atoms. The van der Waals surface area contributed by atoms with Gasteiger partial charge >= 0.3 is 0 Å². The summed E-state index contributed by atoms with van der Waals surface area (Å²) in [5.74, 6) is -0.869. The van der Waals surface area contributed by atoms with Crippen molar-refractivity contribution in [3.63, 3.8) is 0 Å². The van der Waals surface area contributed by atoms with Gasteiger partial charge in [0.2, 0.25) is 10.0 Å². The lowest BCUT2D eigenvalue weighted by Gasteiger charge is -2.37. The van der Waals surface area contributed by atoms with Crippen molar-refractivity contribution >= 4 is 39.7 Å². The normalized spacial score (nSPS) is 39.9. The minimum absolute atomic E-state index is 0.0247. The molecule has 4 atom stereocenters. The minimum atomic E-state index is -3.70. The fourth-order valence-electron chi connectivity index (χ4n) is 5.65. The third-order valence-electron chi connectivity index (χ3n) is 7.11. The van der Waals surface area contributed by atoms with E-state index in [1.807, 2.05) is 0 Å². The van der Waals surface area contributed by atoms with Crippen LogP contribution in [-0.4, -0.2) is 59.5 Å². The van der Waals surface area contributed by atoms with Gasteiger partial charge in [-0.05, 0) is 30.6 Å². The molecule has 2 amide bonds. The van der Waals surface area contributed by atoms with Crippen molar-refractivity contribution in [1.29, 1.82) is 0 Å². The Bertz CT molecular complexity index is 780. The molecule has 2 aliphatic carbocycles. The molecule has 1 saturated heterocycles. The third kappa shape index (κ3) is 2.04. The maximum absolute atomic E-state index is 13.2. The van der Waals surface area contributed by atoms with E-state index in [0.29, 0.717) is 5.92 Å². The van der Waals surface area contributed by atoms with Crippen LogP contribution in [0.2, 0.25) is 0 Å². The molecule has 9 heteroatoms.